The fourth-order valence-corrected chi connectivity index (χ4v) is 3.96. The van der Waals surface area contributed by atoms with Crippen molar-refractivity contribution in [3.8, 4) is 5.75 Å². The molecule has 0 N–H and O–H groups in total. The Bertz CT molecular complexity index is 614. The van der Waals surface area contributed by atoms with E-state index in [2.05, 4.69) is 13.8 Å². The van der Waals surface area contributed by atoms with E-state index in [1.165, 1.54) is 13.8 Å². The maximum Gasteiger partial charge on any atom is 0.576 e. The van der Waals surface area contributed by atoms with Crippen LogP contribution in [-0.2, 0) is 29.8 Å². The summed E-state index contributed by atoms with van der Waals surface area (Å²) in [5.74, 6) is -0.444. The summed E-state index contributed by atoms with van der Waals surface area (Å²) in [6.45, 7) is 9.12. The van der Waals surface area contributed by atoms with Crippen LogP contribution in [0.4, 0.5) is 0 Å². The number of hydrogen-bond donors (Lipinski definition) is 0. The molecule has 6 nitrogen and oxygen atoms in total. The minimum atomic E-state index is -2.21. The lowest BCUT2D eigenvalue weighted by Gasteiger charge is -2.37. The van der Waals surface area contributed by atoms with E-state index >= 15 is 0 Å². The summed E-state index contributed by atoms with van der Waals surface area (Å²) in [7, 11) is -2.21. The molecule has 24 heavy (non-hydrogen) atoms. The number of hydrogen-bond acceptors (Lipinski definition) is 6. The molecule has 1 atom stereocenters. The lowest BCUT2D eigenvalue weighted by atomic mass is 10.0. The molecule has 7 heteroatoms. The zero-order valence-electron chi connectivity index (χ0n) is 14.7. The third-order valence-electron chi connectivity index (χ3n) is 3.41. The van der Waals surface area contributed by atoms with Crippen molar-refractivity contribution in [2.75, 3.05) is 0 Å². The van der Waals surface area contributed by atoms with Gasteiger partial charge in [0.1, 0.15) is 5.75 Å². The lowest BCUT2D eigenvalue weighted by molar-refractivity contribution is -0.202. The highest BCUT2D eigenvalue weighted by atomic mass is 28.3. The monoisotopic (exact) mass is 351 g/mol. The van der Waals surface area contributed by atoms with Crippen LogP contribution < -0.4 is 9.92 Å². The van der Waals surface area contributed by atoms with Crippen molar-refractivity contribution in [2.45, 2.75) is 53.4 Å². The second-order valence-electron chi connectivity index (χ2n) is 6.42. The Morgan fingerprint density at radius 1 is 1.25 bits per heavy atom. The number of fused-ring (bicyclic) bond motifs is 1. The molecular weight excluding hydrogens is 328 g/mol. The Hall–Kier alpha value is -1.86. The number of rotatable bonds is 5. The zero-order chi connectivity index (χ0) is 17.9. The van der Waals surface area contributed by atoms with Gasteiger partial charge in [-0.2, -0.15) is 0 Å². The highest BCUT2D eigenvalue weighted by Gasteiger charge is 2.35. The van der Waals surface area contributed by atoms with Gasteiger partial charge in [-0.25, -0.2) is 0 Å². The summed E-state index contributed by atoms with van der Waals surface area (Å²) in [4.78, 5) is 22.5. The number of carbonyl (C=O) groups excluding carboxylic acids is 2. The Morgan fingerprint density at radius 2 is 1.88 bits per heavy atom. The standard InChI is InChI=1S/C17H23O6Si/c1-11(2)9-17(5)20-10-14-8-15(6-7-16(14)21-17)24(22-12(3)18)23-13(4)19/h6-8,11H,9-10H2,1-5H3. The van der Waals surface area contributed by atoms with Gasteiger partial charge in [-0.1, -0.05) is 19.9 Å². The zero-order valence-corrected chi connectivity index (χ0v) is 15.7. The minimum Gasteiger partial charge on any atom is -0.480 e. The second-order valence-corrected chi connectivity index (χ2v) is 7.98. The van der Waals surface area contributed by atoms with Gasteiger partial charge in [-0.3, -0.25) is 9.59 Å². The molecule has 1 radical (unpaired) electrons. The van der Waals surface area contributed by atoms with Gasteiger partial charge in [0, 0.05) is 37.9 Å². The fourth-order valence-electron chi connectivity index (χ4n) is 2.65. The van der Waals surface area contributed by atoms with E-state index < -0.39 is 27.0 Å². The molecule has 1 aromatic rings. The highest BCUT2D eigenvalue weighted by Crippen LogP contribution is 2.34. The first-order valence-electron chi connectivity index (χ1n) is 7.88. The first-order valence-corrected chi connectivity index (χ1v) is 9.20. The van der Waals surface area contributed by atoms with Crippen molar-refractivity contribution >= 4 is 26.4 Å². The molecule has 0 saturated heterocycles. The van der Waals surface area contributed by atoms with E-state index in [1.807, 2.05) is 19.1 Å². The van der Waals surface area contributed by atoms with Crippen LogP contribution in [0, 0.1) is 5.92 Å². The Kier molecular flexibility index (Phi) is 5.66. The fraction of sp³-hybridized carbons (Fsp3) is 0.529. The molecule has 1 aromatic carbocycles. The highest BCUT2D eigenvalue weighted by molar-refractivity contribution is 6.64. The minimum absolute atomic E-state index is 0.391. The van der Waals surface area contributed by atoms with Gasteiger partial charge in [-0.15, -0.1) is 0 Å². The normalized spacial score (nSPS) is 19.6. The average Bonchev–Trinajstić information content (AvgIpc) is 2.43. The molecule has 1 unspecified atom stereocenters. The molecule has 1 aliphatic rings. The van der Waals surface area contributed by atoms with Crippen LogP contribution in [0.3, 0.4) is 0 Å². The van der Waals surface area contributed by atoms with Gasteiger partial charge in [0.05, 0.1) is 6.61 Å². The summed E-state index contributed by atoms with van der Waals surface area (Å²) >= 11 is 0. The van der Waals surface area contributed by atoms with Gasteiger partial charge in [-0.05, 0) is 18.1 Å². The van der Waals surface area contributed by atoms with E-state index in [9.17, 15) is 9.59 Å². The van der Waals surface area contributed by atoms with Crippen LogP contribution in [0.2, 0.25) is 0 Å². The smallest absolute Gasteiger partial charge is 0.480 e. The SMILES string of the molecule is CC(=O)O[Si](OC(C)=O)c1ccc2c(c1)COC(C)(CC(C)C)O2. The van der Waals surface area contributed by atoms with Gasteiger partial charge in [0.15, 0.2) is 0 Å². The summed E-state index contributed by atoms with van der Waals surface area (Å²) in [6, 6.07) is 5.38. The van der Waals surface area contributed by atoms with E-state index in [-0.39, 0.29) is 0 Å². The quantitative estimate of drug-likeness (QED) is 0.757. The van der Waals surface area contributed by atoms with Crippen molar-refractivity contribution in [1.82, 2.24) is 0 Å². The summed E-state index contributed by atoms with van der Waals surface area (Å²) < 4.78 is 22.2. The summed E-state index contributed by atoms with van der Waals surface area (Å²) in [6.07, 6.45) is 0.782. The third-order valence-corrected chi connectivity index (χ3v) is 5.14. The van der Waals surface area contributed by atoms with Crippen LogP contribution in [0.15, 0.2) is 18.2 Å². The molecular formula is C17H23O6Si. The molecule has 0 aliphatic carbocycles. The van der Waals surface area contributed by atoms with Crippen molar-refractivity contribution < 1.29 is 27.9 Å². The van der Waals surface area contributed by atoms with Gasteiger partial charge in [0.2, 0.25) is 5.79 Å². The maximum absolute atomic E-state index is 11.2. The van der Waals surface area contributed by atoms with Gasteiger partial charge < -0.3 is 18.3 Å². The Balaban J connectivity index is 2.22. The van der Waals surface area contributed by atoms with E-state index in [1.54, 1.807) is 6.07 Å². The van der Waals surface area contributed by atoms with Gasteiger partial charge >= 0.3 is 9.28 Å². The number of carbonyl (C=O) groups is 2. The van der Waals surface area contributed by atoms with Crippen molar-refractivity contribution in [3.05, 3.63) is 23.8 Å². The molecule has 1 aliphatic heterocycles. The molecule has 0 fully saturated rings. The van der Waals surface area contributed by atoms with Crippen molar-refractivity contribution in [1.29, 1.82) is 0 Å². The molecule has 0 aromatic heterocycles. The van der Waals surface area contributed by atoms with Crippen LogP contribution in [0.1, 0.15) is 46.6 Å². The molecule has 0 saturated carbocycles. The molecule has 0 spiro atoms. The molecule has 1 heterocycles. The lowest BCUT2D eigenvalue weighted by Crippen LogP contribution is -2.42. The topological polar surface area (TPSA) is 71.1 Å². The van der Waals surface area contributed by atoms with Crippen LogP contribution >= 0.6 is 0 Å². The second kappa shape index (κ2) is 7.35. The van der Waals surface area contributed by atoms with Crippen molar-refractivity contribution in [3.63, 3.8) is 0 Å². The number of ether oxygens (including phenoxy) is 2. The molecule has 0 amide bonds. The molecule has 2 rings (SSSR count). The summed E-state index contributed by atoms with van der Waals surface area (Å²) in [5.41, 5.74) is 0.843. The first-order chi connectivity index (χ1) is 11.2. The van der Waals surface area contributed by atoms with Crippen molar-refractivity contribution in [2.24, 2.45) is 5.92 Å². The third kappa shape index (κ3) is 4.81. The summed E-state index contributed by atoms with van der Waals surface area (Å²) in [5, 5.41) is 0.656. The largest absolute Gasteiger partial charge is 0.576 e. The predicted octanol–water partition coefficient (Wildman–Crippen LogP) is 2.18. The van der Waals surface area contributed by atoms with Crippen LogP contribution in [0.25, 0.3) is 0 Å². The predicted molar refractivity (Wildman–Crippen MR) is 88.6 cm³/mol. The number of benzene rings is 1. The van der Waals surface area contributed by atoms with E-state index in [0.29, 0.717) is 17.7 Å². The molecule has 0 bridgehead atoms. The van der Waals surface area contributed by atoms with E-state index in [4.69, 9.17) is 18.3 Å². The Morgan fingerprint density at radius 3 is 2.42 bits per heavy atom. The molecule has 131 valence electrons. The van der Waals surface area contributed by atoms with Gasteiger partial charge in [0.25, 0.3) is 11.9 Å². The Labute approximate surface area is 143 Å². The maximum atomic E-state index is 11.2. The van der Waals surface area contributed by atoms with Crippen LogP contribution in [-0.4, -0.2) is 27.0 Å². The average molecular weight is 351 g/mol. The van der Waals surface area contributed by atoms with Crippen LogP contribution in [0.5, 0.6) is 5.75 Å². The first kappa shape index (κ1) is 18.5. The van der Waals surface area contributed by atoms with E-state index in [0.717, 1.165) is 17.7 Å².